The molecule has 110 valence electrons. The first-order chi connectivity index (χ1) is 9.36. The molecule has 20 heavy (non-hydrogen) atoms. The Balaban J connectivity index is 2.96. The van der Waals surface area contributed by atoms with Crippen LogP contribution in [-0.2, 0) is 4.79 Å². The van der Waals surface area contributed by atoms with E-state index in [1.165, 1.54) is 21.9 Å². The third-order valence-electron chi connectivity index (χ3n) is 3.18. The van der Waals surface area contributed by atoms with E-state index in [2.05, 4.69) is 0 Å². The van der Waals surface area contributed by atoms with Gasteiger partial charge in [-0.3, -0.25) is 9.69 Å². The van der Waals surface area contributed by atoms with Crippen LogP contribution in [0.2, 0.25) is 0 Å². The van der Waals surface area contributed by atoms with E-state index in [1.54, 1.807) is 26.1 Å². The summed E-state index contributed by atoms with van der Waals surface area (Å²) in [5.74, 6) is -1.00. The Labute approximate surface area is 118 Å². The highest BCUT2D eigenvalue weighted by atomic mass is 16.4. The molecule has 0 radical (unpaired) electrons. The van der Waals surface area contributed by atoms with Crippen molar-refractivity contribution in [1.82, 2.24) is 4.90 Å². The number of amides is 2. The lowest BCUT2D eigenvalue weighted by atomic mass is 10.2. The SMILES string of the molecule is CCC(C)N(CC(=O)O)C(=O)N(C)c1cccc(O)c1. The maximum Gasteiger partial charge on any atom is 0.324 e. The molecular weight excluding hydrogens is 260 g/mol. The number of aliphatic carboxylic acids is 1. The largest absolute Gasteiger partial charge is 0.508 e. The van der Waals surface area contributed by atoms with Crippen LogP contribution in [0.4, 0.5) is 10.5 Å². The highest BCUT2D eigenvalue weighted by Gasteiger charge is 2.25. The van der Waals surface area contributed by atoms with Gasteiger partial charge in [-0.2, -0.15) is 0 Å². The summed E-state index contributed by atoms with van der Waals surface area (Å²) in [6.07, 6.45) is 0.660. The molecule has 0 aromatic heterocycles. The summed E-state index contributed by atoms with van der Waals surface area (Å²) >= 11 is 0. The zero-order chi connectivity index (χ0) is 15.3. The number of aromatic hydroxyl groups is 1. The minimum absolute atomic E-state index is 0.0514. The van der Waals surface area contributed by atoms with Gasteiger partial charge in [-0.15, -0.1) is 0 Å². The third kappa shape index (κ3) is 3.88. The van der Waals surface area contributed by atoms with E-state index in [-0.39, 0.29) is 18.3 Å². The Bertz CT molecular complexity index is 490. The van der Waals surface area contributed by atoms with Crippen molar-refractivity contribution >= 4 is 17.7 Å². The Hall–Kier alpha value is -2.24. The van der Waals surface area contributed by atoms with Crippen LogP contribution in [0.1, 0.15) is 20.3 Å². The number of carbonyl (C=O) groups excluding carboxylic acids is 1. The van der Waals surface area contributed by atoms with Crippen LogP contribution >= 0.6 is 0 Å². The predicted octanol–water partition coefficient (Wildman–Crippen LogP) is 2.13. The minimum Gasteiger partial charge on any atom is -0.508 e. The van der Waals surface area contributed by atoms with Crippen molar-refractivity contribution in [2.75, 3.05) is 18.5 Å². The minimum atomic E-state index is -1.05. The van der Waals surface area contributed by atoms with Crippen LogP contribution in [-0.4, -0.2) is 46.7 Å². The molecule has 6 heteroatoms. The Morgan fingerprint density at radius 2 is 2.00 bits per heavy atom. The molecule has 1 aromatic carbocycles. The molecule has 6 nitrogen and oxygen atoms in total. The molecule has 0 aliphatic heterocycles. The zero-order valence-electron chi connectivity index (χ0n) is 11.9. The number of phenolic OH excluding ortho intramolecular Hbond substituents is 1. The average molecular weight is 280 g/mol. The smallest absolute Gasteiger partial charge is 0.324 e. The van der Waals surface area contributed by atoms with Gasteiger partial charge in [0, 0.05) is 24.8 Å². The fourth-order valence-electron chi connectivity index (χ4n) is 1.78. The van der Waals surface area contributed by atoms with Crippen LogP contribution in [0.15, 0.2) is 24.3 Å². The van der Waals surface area contributed by atoms with Crippen molar-refractivity contribution in [2.45, 2.75) is 26.3 Å². The second-order valence-electron chi connectivity index (χ2n) is 4.64. The van der Waals surface area contributed by atoms with Crippen LogP contribution in [0.3, 0.4) is 0 Å². The molecule has 0 saturated carbocycles. The first kappa shape index (κ1) is 15.8. The maximum atomic E-state index is 12.4. The number of hydrogen-bond donors (Lipinski definition) is 2. The lowest BCUT2D eigenvalue weighted by molar-refractivity contribution is -0.138. The lowest BCUT2D eigenvalue weighted by Gasteiger charge is -2.31. The van der Waals surface area contributed by atoms with E-state index in [0.717, 1.165) is 0 Å². The summed E-state index contributed by atoms with van der Waals surface area (Å²) < 4.78 is 0. The van der Waals surface area contributed by atoms with Crippen molar-refractivity contribution < 1.29 is 19.8 Å². The van der Waals surface area contributed by atoms with Crippen molar-refractivity contribution in [3.63, 3.8) is 0 Å². The van der Waals surface area contributed by atoms with Gasteiger partial charge < -0.3 is 15.1 Å². The molecular formula is C14H20N2O4. The Kier molecular flexibility index (Phi) is 5.37. The highest BCUT2D eigenvalue weighted by Crippen LogP contribution is 2.20. The van der Waals surface area contributed by atoms with E-state index in [4.69, 9.17) is 5.11 Å². The van der Waals surface area contributed by atoms with Crippen LogP contribution < -0.4 is 4.90 Å². The number of hydrogen-bond acceptors (Lipinski definition) is 3. The predicted molar refractivity (Wildman–Crippen MR) is 76.0 cm³/mol. The van der Waals surface area contributed by atoms with Gasteiger partial charge in [0.2, 0.25) is 0 Å². The lowest BCUT2D eigenvalue weighted by Crippen LogP contribution is -2.48. The molecule has 0 aliphatic carbocycles. The van der Waals surface area contributed by atoms with Crippen LogP contribution in [0.5, 0.6) is 5.75 Å². The topological polar surface area (TPSA) is 81.1 Å². The van der Waals surface area contributed by atoms with E-state index >= 15 is 0 Å². The van der Waals surface area contributed by atoms with Gasteiger partial charge in [-0.05, 0) is 25.5 Å². The summed E-state index contributed by atoms with van der Waals surface area (Å²) in [4.78, 5) is 25.9. The molecule has 2 N–H and O–H groups in total. The number of urea groups is 1. The molecule has 2 amide bonds. The summed E-state index contributed by atoms with van der Waals surface area (Å²) in [6, 6.07) is 5.66. The maximum absolute atomic E-state index is 12.4. The van der Waals surface area contributed by atoms with Gasteiger partial charge >= 0.3 is 12.0 Å². The number of benzene rings is 1. The molecule has 0 saturated heterocycles. The molecule has 1 aromatic rings. The van der Waals surface area contributed by atoms with Gasteiger partial charge in [0.1, 0.15) is 12.3 Å². The number of nitrogens with zero attached hydrogens (tertiary/aromatic N) is 2. The Morgan fingerprint density at radius 3 is 2.50 bits per heavy atom. The van der Waals surface area contributed by atoms with E-state index < -0.39 is 12.0 Å². The third-order valence-corrected chi connectivity index (χ3v) is 3.18. The summed E-state index contributed by atoms with van der Waals surface area (Å²) in [5.41, 5.74) is 0.508. The second-order valence-corrected chi connectivity index (χ2v) is 4.64. The first-order valence-electron chi connectivity index (χ1n) is 6.42. The number of rotatable bonds is 5. The normalized spacial score (nSPS) is 11.8. The number of anilines is 1. The summed E-state index contributed by atoms with van der Waals surface area (Å²) in [5, 5.41) is 18.4. The monoisotopic (exact) mass is 280 g/mol. The summed E-state index contributed by atoms with van der Waals surface area (Å²) in [7, 11) is 1.55. The molecule has 1 unspecified atom stereocenters. The van der Waals surface area contributed by atoms with Gasteiger partial charge in [-0.1, -0.05) is 13.0 Å². The molecule has 1 atom stereocenters. The quantitative estimate of drug-likeness (QED) is 0.865. The Morgan fingerprint density at radius 1 is 1.35 bits per heavy atom. The summed E-state index contributed by atoms with van der Waals surface area (Å²) in [6.45, 7) is 3.34. The molecule has 0 aliphatic rings. The van der Waals surface area contributed by atoms with Gasteiger partial charge in [0.05, 0.1) is 0 Å². The highest BCUT2D eigenvalue weighted by molar-refractivity contribution is 5.93. The second kappa shape index (κ2) is 6.79. The van der Waals surface area contributed by atoms with Gasteiger partial charge in [0.25, 0.3) is 0 Å². The first-order valence-corrected chi connectivity index (χ1v) is 6.42. The number of carboxylic acids is 1. The standard InChI is InChI=1S/C14H20N2O4/c1-4-10(2)16(9-13(18)19)14(20)15(3)11-6-5-7-12(17)8-11/h5-8,10,17H,4,9H2,1-3H3,(H,18,19). The molecule has 0 heterocycles. The van der Waals surface area contributed by atoms with Crippen LogP contribution in [0, 0.1) is 0 Å². The zero-order valence-corrected chi connectivity index (χ0v) is 11.9. The van der Waals surface area contributed by atoms with Gasteiger partial charge in [0.15, 0.2) is 0 Å². The number of phenols is 1. The van der Waals surface area contributed by atoms with Crippen molar-refractivity contribution in [2.24, 2.45) is 0 Å². The van der Waals surface area contributed by atoms with Crippen molar-refractivity contribution in [3.8, 4) is 5.75 Å². The van der Waals surface area contributed by atoms with E-state index in [1.807, 2.05) is 6.92 Å². The van der Waals surface area contributed by atoms with E-state index in [0.29, 0.717) is 12.1 Å². The van der Waals surface area contributed by atoms with Gasteiger partial charge in [-0.25, -0.2) is 4.79 Å². The van der Waals surface area contributed by atoms with Crippen molar-refractivity contribution in [3.05, 3.63) is 24.3 Å². The fourth-order valence-corrected chi connectivity index (χ4v) is 1.78. The number of carbonyl (C=O) groups is 2. The molecule has 0 bridgehead atoms. The number of carboxylic acid groups (broad SMARTS) is 1. The fraction of sp³-hybridized carbons (Fsp3) is 0.429. The van der Waals surface area contributed by atoms with E-state index in [9.17, 15) is 14.7 Å². The average Bonchev–Trinajstić information content (AvgIpc) is 2.42. The van der Waals surface area contributed by atoms with Crippen LogP contribution in [0.25, 0.3) is 0 Å². The molecule has 1 rings (SSSR count). The van der Waals surface area contributed by atoms with Crippen molar-refractivity contribution in [1.29, 1.82) is 0 Å². The molecule has 0 fully saturated rings. The molecule has 0 spiro atoms.